The highest BCUT2D eigenvalue weighted by molar-refractivity contribution is 7.78. The number of rotatable bonds is 10. The number of aliphatic hydroxyl groups is 1. The third kappa shape index (κ3) is 6.70. The van der Waals surface area contributed by atoms with Gasteiger partial charge < -0.3 is 9.84 Å². The molecule has 1 amide bonds. The van der Waals surface area contributed by atoms with E-state index in [1.54, 1.807) is 0 Å². The number of fused-ring (bicyclic) bond motifs is 5. The Balaban J connectivity index is 1.16. The van der Waals surface area contributed by atoms with Crippen LogP contribution >= 0.6 is 0 Å². The molecule has 44 heavy (non-hydrogen) atoms. The summed E-state index contributed by atoms with van der Waals surface area (Å²) in [7, 11) is 0. The maximum absolute atomic E-state index is 12.8. The first-order valence-corrected chi connectivity index (χ1v) is 19.1. The Bertz CT molecular complexity index is 1060. The van der Waals surface area contributed by atoms with Crippen LogP contribution in [0.15, 0.2) is 0 Å². The summed E-state index contributed by atoms with van der Waals surface area (Å²) >= 11 is -1.77. The van der Waals surface area contributed by atoms with Gasteiger partial charge in [0.1, 0.15) is 6.10 Å². The number of hydrogen-bond donors (Lipinski definition) is 2. The maximum Gasteiger partial charge on any atom is 0.311 e. The van der Waals surface area contributed by atoms with E-state index < -0.39 is 16.7 Å². The largest absolute Gasteiger partial charge is 0.462 e. The molecule has 8 heteroatoms. The Morgan fingerprint density at radius 2 is 1.70 bits per heavy atom. The van der Waals surface area contributed by atoms with Crippen molar-refractivity contribution in [1.29, 1.82) is 0 Å². The Kier molecular flexibility index (Phi) is 10.6. The number of amides is 1. The van der Waals surface area contributed by atoms with Gasteiger partial charge in [0.05, 0.1) is 17.6 Å². The monoisotopic (exact) mass is 635 g/mol. The minimum Gasteiger partial charge on any atom is -0.462 e. The lowest BCUT2D eigenvalue weighted by molar-refractivity contribution is -0.185. The molecular weight excluding hydrogens is 574 g/mol. The SMILES string of the molecule is CCC(C)(C)C(=O)OC1CC[C@@]2(C)C(CCC3C2CC(O)[C@]2(C)C(C(C)CCC(=O)NS(=O)OC4CCCCC4)CCC32)C1. The first kappa shape index (κ1) is 34.3. The molecule has 0 aromatic heterocycles. The molecule has 9 unspecified atom stereocenters. The number of ether oxygens (including phenoxy) is 1. The van der Waals surface area contributed by atoms with E-state index in [2.05, 4.69) is 25.5 Å². The lowest BCUT2D eigenvalue weighted by atomic mass is 9.43. The molecule has 0 saturated heterocycles. The van der Waals surface area contributed by atoms with Gasteiger partial charge in [0.25, 0.3) is 11.3 Å². The van der Waals surface area contributed by atoms with E-state index in [0.29, 0.717) is 41.9 Å². The van der Waals surface area contributed by atoms with Gasteiger partial charge in [0.2, 0.25) is 5.91 Å². The van der Waals surface area contributed by atoms with Crippen molar-refractivity contribution in [3.63, 3.8) is 0 Å². The molecule has 0 aromatic rings. The lowest BCUT2D eigenvalue weighted by Gasteiger charge is -2.62. The molecule has 0 heterocycles. The van der Waals surface area contributed by atoms with Gasteiger partial charge in [-0.25, -0.2) is 4.21 Å². The van der Waals surface area contributed by atoms with Gasteiger partial charge >= 0.3 is 5.97 Å². The Morgan fingerprint density at radius 3 is 2.41 bits per heavy atom. The fourth-order valence-electron chi connectivity index (χ4n) is 10.7. The van der Waals surface area contributed by atoms with E-state index in [1.807, 2.05) is 20.8 Å². The molecule has 0 bridgehead atoms. The zero-order valence-electron chi connectivity index (χ0n) is 28.4. The summed E-state index contributed by atoms with van der Waals surface area (Å²) in [5.74, 6) is 2.60. The van der Waals surface area contributed by atoms with Crippen LogP contribution in [0.25, 0.3) is 0 Å². The van der Waals surface area contributed by atoms with Crippen LogP contribution in [-0.2, 0) is 29.8 Å². The van der Waals surface area contributed by atoms with Gasteiger partial charge in [-0.15, -0.1) is 0 Å². The molecule has 11 atom stereocenters. The highest BCUT2D eigenvalue weighted by Crippen LogP contribution is 2.68. The Hall–Kier alpha value is -0.990. The van der Waals surface area contributed by atoms with Crippen molar-refractivity contribution in [2.24, 2.45) is 51.8 Å². The minimum absolute atomic E-state index is 0.0149. The molecule has 0 aromatic carbocycles. The summed E-state index contributed by atoms with van der Waals surface area (Å²) in [5.41, 5.74) is -0.380. The molecule has 5 aliphatic rings. The fraction of sp³-hybridized carbons (Fsp3) is 0.944. The number of hydrogen-bond acceptors (Lipinski definition) is 6. The molecule has 252 valence electrons. The number of esters is 1. The molecule has 0 spiro atoms. The summed E-state index contributed by atoms with van der Waals surface area (Å²) in [6.45, 7) is 13.1. The molecule has 5 fully saturated rings. The molecule has 5 rings (SSSR count). The smallest absolute Gasteiger partial charge is 0.311 e. The van der Waals surface area contributed by atoms with Gasteiger partial charge in [0, 0.05) is 6.42 Å². The molecule has 5 aliphatic carbocycles. The highest BCUT2D eigenvalue weighted by atomic mass is 32.2. The van der Waals surface area contributed by atoms with Crippen LogP contribution in [0.3, 0.4) is 0 Å². The standard InChI is InChI=1S/C36H61NO6S/c1-7-34(3,4)33(40)42-26-19-20-35(5)24(21-26)14-15-27-29-17-16-28(36(29,6)31(38)22-30(27)35)23(2)13-18-32(39)37-44(41)43-25-11-9-8-10-12-25/h23-31,38H,7-22H2,1-6H3,(H,37,39)/t23?,24?,26?,27?,28?,29?,30?,31?,35-,36+,44?/m0/s1. The molecule has 7 nitrogen and oxygen atoms in total. The highest BCUT2D eigenvalue weighted by Gasteiger charge is 2.64. The quantitative estimate of drug-likeness (QED) is 0.242. The first-order chi connectivity index (χ1) is 20.8. The van der Waals surface area contributed by atoms with Crippen molar-refractivity contribution in [2.45, 2.75) is 163 Å². The first-order valence-electron chi connectivity index (χ1n) is 18.1. The van der Waals surface area contributed by atoms with Gasteiger partial charge in [-0.2, -0.15) is 0 Å². The van der Waals surface area contributed by atoms with Crippen molar-refractivity contribution in [2.75, 3.05) is 0 Å². The Morgan fingerprint density at radius 1 is 0.977 bits per heavy atom. The topological polar surface area (TPSA) is 102 Å². The number of carbonyl (C=O) groups is 2. The summed E-state index contributed by atoms with van der Waals surface area (Å²) in [4.78, 5) is 25.5. The average molecular weight is 636 g/mol. The second kappa shape index (κ2) is 13.6. The molecule has 0 radical (unpaired) electrons. The lowest BCUT2D eigenvalue weighted by Crippen LogP contribution is -2.59. The molecule has 2 N–H and O–H groups in total. The van der Waals surface area contributed by atoms with Crippen LogP contribution in [0, 0.1) is 51.8 Å². The van der Waals surface area contributed by atoms with Gasteiger partial charge in [-0.05, 0) is 137 Å². The zero-order chi connectivity index (χ0) is 31.9. The second-order valence-corrected chi connectivity index (χ2v) is 17.5. The fourth-order valence-corrected chi connectivity index (χ4v) is 11.5. The van der Waals surface area contributed by atoms with Crippen molar-refractivity contribution >= 4 is 23.1 Å². The van der Waals surface area contributed by atoms with Crippen LogP contribution in [0.2, 0.25) is 0 Å². The van der Waals surface area contributed by atoms with E-state index in [4.69, 9.17) is 8.92 Å². The van der Waals surface area contributed by atoms with Crippen LogP contribution in [0.5, 0.6) is 0 Å². The van der Waals surface area contributed by atoms with Crippen LogP contribution in [0.4, 0.5) is 0 Å². The summed E-state index contributed by atoms with van der Waals surface area (Å²) in [5, 5.41) is 11.9. The van der Waals surface area contributed by atoms with Crippen LogP contribution in [0.1, 0.15) is 144 Å². The van der Waals surface area contributed by atoms with Gasteiger partial charge in [0.15, 0.2) is 0 Å². The average Bonchev–Trinajstić information content (AvgIpc) is 3.35. The second-order valence-electron chi connectivity index (χ2n) is 16.6. The molecule has 0 aliphatic heterocycles. The van der Waals surface area contributed by atoms with E-state index in [0.717, 1.165) is 77.0 Å². The Labute approximate surface area is 269 Å². The predicted molar refractivity (Wildman–Crippen MR) is 173 cm³/mol. The summed E-state index contributed by atoms with van der Waals surface area (Å²) < 4.78 is 26.6. The van der Waals surface area contributed by atoms with Gasteiger partial charge in [-0.3, -0.25) is 18.5 Å². The van der Waals surface area contributed by atoms with Crippen molar-refractivity contribution in [3.8, 4) is 0 Å². The van der Waals surface area contributed by atoms with E-state index in [1.165, 1.54) is 19.3 Å². The molecule has 5 saturated carbocycles. The third-order valence-electron chi connectivity index (χ3n) is 14.0. The normalized spacial score (nSPS) is 40.7. The summed E-state index contributed by atoms with van der Waals surface area (Å²) in [6.07, 6.45) is 15.2. The number of nitrogens with one attached hydrogen (secondary N) is 1. The number of carbonyl (C=O) groups excluding carboxylic acids is 2. The number of aliphatic hydroxyl groups excluding tert-OH is 1. The van der Waals surface area contributed by atoms with Crippen molar-refractivity contribution in [1.82, 2.24) is 4.72 Å². The predicted octanol–water partition coefficient (Wildman–Crippen LogP) is 7.42. The van der Waals surface area contributed by atoms with E-state index in [9.17, 15) is 18.9 Å². The van der Waals surface area contributed by atoms with Crippen molar-refractivity contribution in [3.05, 3.63) is 0 Å². The van der Waals surface area contributed by atoms with E-state index >= 15 is 0 Å². The zero-order valence-corrected chi connectivity index (χ0v) is 29.2. The van der Waals surface area contributed by atoms with E-state index in [-0.39, 0.29) is 41.0 Å². The van der Waals surface area contributed by atoms with Crippen LogP contribution in [-0.4, -0.2) is 39.5 Å². The van der Waals surface area contributed by atoms with Crippen molar-refractivity contribution < 1.29 is 27.8 Å². The summed E-state index contributed by atoms with van der Waals surface area (Å²) in [6, 6.07) is 0. The van der Waals surface area contributed by atoms with Crippen LogP contribution < -0.4 is 4.72 Å². The maximum atomic E-state index is 12.8. The minimum atomic E-state index is -1.77. The van der Waals surface area contributed by atoms with Gasteiger partial charge in [-0.1, -0.05) is 47.0 Å². The molecular formula is C36H61NO6S. The third-order valence-corrected chi connectivity index (χ3v) is 14.8.